The molecule has 6 heteroatoms. The maximum Gasteiger partial charge on any atom is 0.242 e. The number of carbonyl (C=O) groups excluding carboxylic acids is 2. The standard InChI is InChI=1S/C24H31ClN2O2S/c1-5-9-26-24(29)19(4)27(14-20-7-6-8-22(25)13-20)23(28)16-30-15-21-11-17(2)10-18(3)12-21/h6-8,10-13,19H,5,9,14-16H2,1-4H3,(H,26,29)/t19-/m1/s1. The van der Waals surface area contributed by atoms with Crippen LogP contribution in [0.15, 0.2) is 42.5 Å². The van der Waals surface area contributed by atoms with Gasteiger partial charge in [-0.15, -0.1) is 11.8 Å². The Hall–Kier alpha value is -1.98. The van der Waals surface area contributed by atoms with E-state index in [1.807, 2.05) is 25.1 Å². The lowest BCUT2D eigenvalue weighted by Crippen LogP contribution is -2.48. The van der Waals surface area contributed by atoms with Gasteiger partial charge in [0.1, 0.15) is 6.04 Å². The van der Waals surface area contributed by atoms with Crippen LogP contribution in [0, 0.1) is 13.8 Å². The van der Waals surface area contributed by atoms with E-state index in [1.54, 1.807) is 29.7 Å². The minimum atomic E-state index is -0.551. The Morgan fingerprint density at radius 1 is 1.10 bits per heavy atom. The Labute approximate surface area is 189 Å². The van der Waals surface area contributed by atoms with E-state index in [0.717, 1.165) is 17.7 Å². The van der Waals surface area contributed by atoms with Gasteiger partial charge in [-0.25, -0.2) is 0 Å². The molecular weight excluding hydrogens is 416 g/mol. The molecule has 0 bridgehead atoms. The molecule has 2 aromatic carbocycles. The van der Waals surface area contributed by atoms with Crippen molar-refractivity contribution in [1.29, 1.82) is 0 Å². The van der Waals surface area contributed by atoms with E-state index in [4.69, 9.17) is 11.6 Å². The van der Waals surface area contributed by atoms with Crippen molar-refractivity contribution < 1.29 is 9.59 Å². The van der Waals surface area contributed by atoms with Crippen molar-refractivity contribution in [3.8, 4) is 0 Å². The molecule has 0 saturated carbocycles. The van der Waals surface area contributed by atoms with Crippen molar-refractivity contribution in [2.45, 2.75) is 52.5 Å². The van der Waals surface area contributed by atoms with Gasteiger partial charge in [0.25, 0.3) is 0 Å². The minimum absolute atomic E-state index is 0.0523. The number of thioether (sulfide) groups is 1. The summed E-state index contributed by atoms with van der Waals surface area (Å²) in [5.41, 5.74) is 4.56. The van der Waals surface area contributed by atoms with E-state index in [-0.39, 0.29) is 11.8 Å². The molecule has 0 aromatic heterocycles. The van der Waals surface area contributed by atoms with Gasteiger partial charge in [-0.3, -0.25) is 9.59 Å². The zero-order valence-corrected chi connectivity index (χ0v) is 19.8. The Morgan fingerprint density at radius 2 is 1.80 bits per heavy atom. The number of nitrogens with zero attached hydrogens (tertiary/aromatic N) is 1. The van der Waals surface area contributed by atoms with Crippen LogP contribution < -0.4 is 5.32 Å². The summed E-state index contributed by atoms with van der Waals surface area (Å²) in [6.07, 6.45) is 0.854. The van der Waals surface area contributed by atoms with Crippen molar-refractivity contribution >= 4 is 35.2 Å². The third-order valence-corrected chi connectivity index (χ3v) is 5.96. The summed E-state index contributed by atoms with van der Waals surface area (Å²) in [5.74, 6) is 0.893. The van der Waals surface area contributed by atoms with Gasteiger partial charge in [-0.05, 0) is 50.5 Å². The average molecular weight is 447 g/mol. The third kappa shape index (κ3) is 7.69. The van der Waals surface area contributed by atoms with Gasteiger partial charge in [0.2, 0.25) is 11.8 Å². The highest BCUT2D eigenvalue weighted by molar-refractivity contribution is 7.99. The molecule has 2 amide bonds. The zero-order valence-electron chi connectivity index (χ0n) is 18.2. The van der Waals surface area contributed by atoms with Gasteiger partial charge in [0, 0.05) is 23.9 Å². The third-order valence-electron chi connectivity index (χ3n) is 4.73. The summed E-state index contributed by atoms with van der Waals surface area (Å²) >= 11 is 7.68. The second-order valence-electron chi connectivity index (χ2n) is 7.61. The van der Waals surface area contributed by atoms with Crippen LogP contribution in [0.25, 0.3) is 0 Å². The Morgan fingerprint density at radius 3 is 2.43 bits per heavy atom. The molecule has 0 unspecified atom stereocenters. The second-order valence-corrected chi connectivity index (χ2v) is 9.03. The number of benzene rings is 2. The van der Waals surface area contributed by atoms with Crippen molar-refractivity contribution in [2.75, 3.05) is 12.3 Å². The van der Waals surface area contributed by atoms with Crippen molar-refractivity contribution in [2.24, 2.45) is 0 Å². The highest BCUT2D eigenvalue weighted by Crippen LogP contribution is 2.19. The molecule has 0 radical (unpaired) electrons. The summed E-state index contributed by atoms with van der Waals surface area (Å²) in [7, 11) is 0. The SMILES string of the molecule is CCCNC(=O)[C@@H](C)N(Cc1cccc(Cl)c1)C(=O)CSCc1cc(C)cc(C)c1. The monoisotopic (exact) mass is 446 g/mol. The predicted molar refractivity (Wildman–Crippen MR) is 127 cm³/mol. The molecule has 0 heterocycles. The number of nitrogens with one attached hydrogen (secondary N) is 1. The van der Waals surface area contributed by atoms with Gasteiger partial charge in [-0.2, -0.15) is 0 Å². The molecule has 4 nitrogen and oxygen atoms in total. The lowest BCUT2D eigenvalue weighted by atomic mass is 10.1. The average Bonchev–Trinajstić information content (AvgIpc) is 2.69. The molecule has 30 heavy (non-hydrogen) atoms. The first-order valence-corrected chi connectivity index (χ1v) is 11.8. The Balaban J connectivity index is 2.07. The van der Waals surface area contributed by atoms with Crippen LogP contribution in [0.2, 0.25) is 5.02 Å². The van der Waals surface area contributed by atoms with Gasteiger partial charge in [0.05, 0.1) is 5.75 Å². The van der Waals surface area contributed by atoms with Crippen LogP contribution in [0.5, 0.6) is 0 Å². The van der Waals surface area contributed by atoms with E-state index in [0.29, 0.717) is 23.9 Å². The van der Waals surface area contributed by atoms with Crippen LogP contribution in [0.4, 0.5) is 0 Å². The number of carbonyl (C=O) groups is 2. The summed E-state index contributed by atoms with van der Waals surface area (Å²) in [6, 6.07) is 13.3. The molecule has 0 aliphatic carbocycles. The fourth-order valence-corrected chi connectivity index (χ4v) is 4.36. The van der Waals surface area contributed by atoms with Crippen molar-refractivity contribution in [1.82, 2.24) is 10.2 Å². The molecule has 0 fully saturated rings. The summed E-state index contributed by atoms with van der Waals surface area (Å²) in [5, 5.41) is 3.51. The predicted octanol–water partition coefficient (Wildman–Crippen LogP) is 5.13. The summed E-state index contributed by atoms with van der Waals surface area (Å²) < 4.78 is 0. The van der Waals surface area contributed by atoms with E-state index in [9.17, 15) is 9.59 Å². The molecule has 1 N–H and O–H groups in total. The van der Waals surface area contributed by atoms with Crippen LogP contribution >= 0.6 is 23.4 Å². The number of aryl methyl sites for hydroxylation is 2. The molecule has 0 aliphatic rings. The largest absolute Gasteiger partial charge is 0.354 e. The maximum absolute atomic E-state index is 13.1. The number of halogens is 1. The van der Waals surface area contributed by atoms with Gasteiger partial charge < -0.3 is 10.2 Å². The van der Waals surface area contributed by atoms with Crippen LogP contribution in [-0.4, -0.2) is 35.1 Å². The molecule has 0 saturated heterocycles. The number of amides is 2. The lowest BCUT2D eigenvalue weighted by molar-refractivity contribution is -0.138. The number of hydrogen-bond acceptors (Lipinski definition) is 3. The van der Waals surface area contributed by atoms with E-state index in [1.165, 1.54) is 16.7 Å². The Bertz CT molecular complexity index is 852. The summed E-state index contributed by atoms with van der Waals surface area (Å²) in [4.78, 5) is 27.2. The highest BCUT2D eigenvalue weighted by atomic mass is 35.5. The van der Waals surface area contributed by atoms with E-state index in [2.05, 4.69) is 37.4 Å². The molecular formula is C24H31ClN2O2S. The van der Waals surface area contributed by atoms with Gasteiger partial charge in [0.15, 0.2) is 0 Å². The first kappa shape index (κ1) is 24.3. The molecule has 2 rings (SSSR count). The van der Waals surface area contributed by atoms with Crippen molar-refractivity contribution in [3.05, 3.63) is 69.7 Å². The first-order valence-electron chi connectivity index (χ1n) is 10.3. The molecule has 2 aromatic rings. The Kier molecular flexibility index (Phi) is 9.73. The van der Waals surface area contributed by atoms with Crippen LogP contribution in [-0.2, 0) is 21.9 Å². The maximum atomic E-state index is 13.1. The highest BCUT2D eigenvalue weighted by Gasteiger charge is 2.25. The normalized spacial score (nSPS) is 11.8. The van der Waals surface area contributed by atoms with Gasteiger partial charge in [-0.1, -0.05) is 60.0 Å². The number of rotatable bonds is 10. The topological polar surface area (TPSA) is 49.4 Å². The van der Waals surface area contributed by atoms with Crippen LogP contribution in [0.1, 0.15) is 42.5 Å². The quantitative estimate of drug-likeness (QED) is 0.550. The fourth-order valence-electron chi connectivity index (χ4n) is 3.30. The number of hydrogen-bond donors (Lipinski definition) is 1. The minimum Gasteiger partial charge on any atom is -0.354 e. The first-order chi connectivity index (χ1) is 14.3. The van der Waals surface area contributed by atoms with Crippen LogP contribution in [0.3, 0.4) is 0 Å². The van der Waals surface area contributed by atoms with Crippen molar-refractivity contribution in [3.63, 3.8) is 0 Å². The van der Waals surface area contributed by atoms with Gasteiger partial charge >= 0.3 is 0 Å². The molecule has 0 spiro atoms. The smallest absolute Gasteiger partial charge is 0.242 e. The fraction of sp³-hybridized carbons (Fsp3) is 0.417. The lowest BCUT2D eigenvalue weighted by Gasteiger charge is -2.29. The molecule has 1 atom stereocenters. The zero-order chi connectivity index (χ0) is 22.1. The molecule has 162 valence electrons. The van der Waals surface area contributed by atoms with E-state index >= 15 is 0 Å². The summed E-state index contributed by atoms with van der Waals surface area (Å²) in [6.45, 7) is 8.89. The van der Waals surface area contributed by atoms with E-state index < -0.39 is 6.04 Å². The molecule has 0 aliphatic heterocycles. The second kappa shape index (κ2) is 12.0.